The molecule has 0 saturated heterocycles. The first-order valence-electron chi connectivity index (χ1n) is 9.24. The van der Waals surface area contributed by atoms with Gasteiger partial charge in [0, 0.05) is 0 Å². The Hall–Kier alpha value is -3.00. The van der Waals surface area contributed by atoms with E-state index in [9.17, 15) is 13.2 Å². The van der Waals surface area contributed by atoms with E-state index < -0.39 is 15.1 Å². The standard InChI is InChI=1S/C21H23N3O4S/c1-14(2)29(26,27)18-10-8-17(9-11-18)13-20-23-24-21(28-20)22-19(25)12-16-6-4-15(3)5-7-16/h4-11,14H,12-13H2,1-3H3,(H,22,24,25). The lowest BCUT2D eigenvalue weighted by Gasteiger charge is -2.08. The lowest BCUT2D eigenvalue weighted by Crippen LogP contribution is -2.14. The lowest BCUT2D eigenvalue weighted by molar-refractivity contribution is -0.115. The van der Waals surface area contributed by atoms with Crippen molar-refractivity contribution in [3.63, 3.8) is 0 Å². The maximum atomic E-state index is 12.2. The minimum absolute atomic E-state index is 0.0381. The van der Waals surface area contributed by atoms with E-state index in [4.69, 9.17) is 4.42 Å². The zero-order valence-corrected chi connectivity index (χ0v) is 17.4. The summed E-state index contributed by atoms with van der Waals surface area (Å²) in [7, 11) is -3.30. The second kappa shape index (κ2) is 8.57. The van der Waals surface area contributed by atoms with Gasteiger partial charge in [0.2, 0.25) is 11.8 Å². The first kappa shape index (κ1) is 20.7. The molecule has 0 fully saturated rings. The van der Waals surface area contributed by atoms with Crippen molar-refractivity contribution in [2.75, 3.05) is 5.32 Å². The number of hydrogen-bond acceptors (Lipinski definition) is 6. The van der Waals surface area contributed by atoms with Gasteiger partial charge in [-0.3, -0.25) is 10.1 Å². The number of aryl methyl sites for hydroxylation is 1. The van der Waals surface area contributed by atoms with Crippen molar-refractivity contribution in [3.05, 3.63) is 71.1 Å². The number of nitrogens with one attached hydrogen (secondary N) is 1. The third-order valence-corrected chi connectivity index (χ3v) is 6.60. The summed E-state index contributed by atoms with van der Waals surface area (Å²) in [5.41, 5.74) is 2.85. The van der Waals surface area contributed by atoms with Gasteiger partial charge < -0.3 is 4.42 Å². The van der Waals surface area contributed by atoms with Crippen LogP contribution in [0.25, 0.3) is 0 Å². The number of amides is 1. The molecular weight excluding hydrogens is 390 g/mol. The normalized spacial score (nSPS) is 11.6. The van der Waals surface area contributed by atoms with Crippen molar-refractivity contribution in [2.45, 2.75) is 43.8 Å². The molecule has 0 spiro atoms. The van der Waals surface area contributed by atoms with Crippen LogP contribution in [0.2, 0.25) is 0 Å². The summed E-state index contributed by atoms with van der Waals surface area (Å²) in [5, 5.41) is 9.89. The molecule has 0 aliphatic heterocycles. The number of hydrogen-bond donors (Lipinski definition) is 1. The Bertz CT molecular complexity index is 1090. The van der Waals surface area contributed by atoms with Gasteiger partial charge in [0.15, 0.2) is 9.84 Å². The highest BCUT2D eigenvalue weighted by atomic mass is 32.2. The quantitative estimate of drug-likeness (QED) is 0.637. The van der Waals surface area contributed by atoms with E-state index in [1.807, 2.05) is 31.2 Å². The molecule has 3 aromatic rings. The SMILES string of the molecule is Cc1ccc(CC(=O)Nc2nnc(Cc3ccc(S(=O)(=O)C(C)C)cc3)o2)cc1. The van der Waals surface area contributed by atoms with Gasteiger partial charge in [-0.15, -0.1) is 5.10 Å². The summed E-state index contributed by atoms with van der Waals surface area (Å²) < 4.78 is 29.8. The first-order valence-corrected chi connectivity index (χ1v) is 10.8. The second-order valence-electron chi connectivity index (χ2n) is 7.13. The summed E-state index contributed by atoms with van der Waals surface area (Å²) in [4.78, 5) is 12.4. The molecule has 2 aromatic carbocycles. The molecule has 1 aromatic heterocycles. The van der Waals surface area contributed by atoms with Crippen molar-refractivity contribution in [3.8, 4) is 0 Å². The summed E-state index contributed by atoms with van der Waals surface area (Å²) >= 11 is 0. The van der Waals surface area contributed by atoms with Crippen molar-refractivity contribution >= 4 is 21.8 Å². The number of carbonyl (C=O) groups is 1. The van der Waals surface area contributed by atoms with E-state index in [0.717, 1.165) is 16.7 Å². The third kappa shape index (κ3) is 5.29. The fraction of sp³-hybridized carbons (Fsp3) is 0.286. The van der Waals surface area contributed by atoms with Crippen molar-refractivity contribution < 1.29 is 17.6 Å². The van der Waals surface area contributed by atoms with Crippen LogP contribution in [0.15, 0.2) is 57.8 Å². The average Bonchev–Trinajstić information content (AvgIpc) is 3.10. The predicted molar refractivity (Wildman–Crippen MR) is 109 cm³/mol. The van der Waals surface area contributed by atoms with Gasteiger partial charge in [0.25, 0.3) is 0 Å². The fourth-order valence-corrected chi connectivity index (χ4v) is 3.73. The van der Waals surface area contributed by atoms with Crippen LogP contribution < -0.4 is 5.32 Å². The third-order valence-electron chi connectivity index (χ3n) is 4.43. The fourth-order valence-electron chi connectivity index (χ4n) is 2.67. The van der Waals surface area contributed by atoms with Crippen LogP contribution in [0.4, 0.5) is 6.01 Å². The lowest BCUT2D eigenvalue weighted by atomic mass is 10.1. The number of aromatic nitrogens is 2. The van der Waals surface area contributed by atoms with Gasteiger partial charge in [0.1, 0.15) is 0 Å². The van der Waals surface area contributed by atoms with E-state index in [-0.39, 0.29) is 23.2 Å². The maximum absolute atomic E-state index is 12.2. The van der Waals surface area contributed by atoms with Crippen molar-refractivity contribution in [1.82, 2.24) is 10.2 Å². The highest BCUT2D eigenvalue weighted by Crippen LogP contribution is 2.18. The minimum Gasteiger partial charge on any atom is -0.407 e. The van der Waals surface area contributed by atoms with Crippen molar-refractivity contribution in [1.29, 1.82) is 0 Å². The van der Waals surface area contributed by atoms with Crippen LogP contribution in [0, 0.1) is 6.92 Å². The summed E-state index contributed by atoms with van der Waals surface area (Å²) in [5.74, 6) is 0.0856. The van der Waals surface area contributed by atoms with E-state index in [0.29, 0.717) is 12.3 Å². The number of carbonyl (C=O) groups excluding carboxylic acids is 1. The number of nitrogens with zero attached hydrogens (tertiary/aromatic N) is 2. The molecule has 1 N–H and O–H groups in total. The van der Waals surface area contributed by atoms with Crippen LogP contribution in [0.1, 0.15) is 36.4 Å². The predicted octanol–water partition coefficient (Wildman–Crippen LogP) is 3.33. The van der Waals surface area contributed by atoms with E-state index in [1.54, 1.807) is 38.1 Å². The van der Waals surface area contributed by atoms with E-state index in [1.165, 1.54) is 0 Å². The molecule has 3 rings (SSSR count). The molecule has 0 aliphatic carbocycles. The van der Waals surface area contributed by atoms with Gasteiger partial charge in [-0.05, 0) is 44.0 Å². The zero-order valence-electron chi connectivity index (χ0n) is 16.5. The average molecular weight is 413 g/mol. The van der Waals surface area contributed by atoms with E-state index >= 15 is 0 Å². The molecule has 8 heteroatoms. The van der Waals surface area contributed by atoms with Gasteiger partial charge >= 0.3 is 6.01 Å². The van der Waals surface area contributed by atoms with Gasteiger partial charge in [-0.1, -0.05) is 47.1 Å². The summed E-state index contributed by atoms with van der Waals surface area (Å²) in [6.45, 7) is 5.28. The summed E-state index contributed by atoms with van der Waals surface area (Å²) in [6, 6.07) is 14.3. The molecule has 0 atom stereocenters. The molecule has 0 saturated carbocycles. The molecule has 0 bridgehead atoms. The topological polar surface area (TPSA) is 102 Å². The number of sulfone groups is 1. The minimum atomic E-state index is -3.30. The Kier molecular flexibility index (Phi) is 6.12. The summed E-state index contributed by atoms with van der Waals surface area (Å²) in [6.07, 6.45) is 0.548. The highest BCUT2D eigenvalue weighted by Gasteiger charge is 2.19. The maximum Gasteiger partial charge on any atom is 0.322 e. The molecule has 1 amide bonds. The Morgan fingerprint density at radius 1 is 1.00 bits per heavy atom. The largest absolute Gasteiger partial charge is 0.407 e. The molecular formula is C21H23N3O4S. The Balaban J connectivity index is 1.60. The first-order chi connectivity index (χ1) is 13.7. The van der Waals surface area contributed by atoms with Crippen LogP contribution in [0.3, 0.4) is 0 Å². The molecule has 0 radical (unpaired) electrons. The molecule has 0 aliphatic rings. The van der Waals surface area contributed by atoms with E-state index in [2.05, 4.69) is 15.5 Å². The molecule has 1 heterocycles. The van der Waals surface area contributed by atoms with Gasteiger partial charge in [-0.25, -0.2) is 8.42 Å². The Morgan fingerprint density at radius 3 is 2.24 bits per heavy atom. The van der Waals surface area contributed by atoms with Crippen LogP contribution >= 0.6 is 0 Å². The zero-order chi connectivity index (χ0) is 21.0. The monoisotopic (exact) mass is 413 g/mol. The number of anilines is 1. The van der Waals surface area contributed by atoms with Crippen LogP contribution in [-0.2, 0) is 27.5 Å². The molecule has 0 unspecified atom stereocenters. The molecule has 29 heavy (non-hydrogen) atoms. The second-order valence-corrected chi connectivity index (χ2v) is 9.63. The Morgan fingerprint density at radius 2 is 1.62 bits per heavy atom. The van der Waals surface area contributed by atoms with Gasteiger partial charge in [-0.2, -0.15) is 0 Å². The van der Waals surface area contributed by atoms with Gasteiger partial charge in [0.05, 0.1) is 23.0 Å². The highest BCUT2D eigenvalue weighted by molar-refractivity contribution is 7.92. The molecule has 7 nitrogen and oxygen atoms in total. The number of benzene rings is 2. The van der Waals surface area contributed by atoms with Crippen LogP contribution in [-0.4, -0.2) is 29.8 Å². The smallest absolute Gasteiger partial charge is 0.322 e. The number of rotatable bonds is 7. The van der Waals surface area contributed by atoms with Crippen molar-refractivity contribution in [2.24, 2.45) is 0 Å². The molecule has 152 valence electrons. The Labute approximate surface area is 170 Å². The van der Waals surface area contributed by atoms with Crippen LogP contribution in [0.5, 0.6) is 0 Å².